The van der Waals surface area contributed by atoms with Crippen LogP contribution >= 0.6 is 24.2 Å². The van der Waals surface area contributed by atoms with Crippen molar-refractivity contribution in [1.29, 1.82) is 0 Å². The van der Waals surface area contributed by atoms with Gasteiger partial charge in [-0.25, -0.2) is 4.39 Å². The summed E-state index contributed by atoms with van der Waals surface area (Å²) >= 11 is 1.58. The summed E-state index contributed by atoms with van der Waals surface area (Å²) in [5, 5.41) is 2.79. The van der Waals surface area contributed by atoms with Crippen LogP contribution in [0.2, 0.25) is 0 Å². The van der Waals surface area contributed by atoms with Gasteiger partial charge in [0.2, 0.25) is 5.91 Å². The Hall–Kier alpha value is -0.820. The molecule has 0 aliphatic rings. The van der Waals surface area contributed by atoms with E-state index < -0.39 is 0 Å². The third-order valence-corrected chi connectivity index (χ3v) is 3.80. The van der Waals surface area contributed by atoms with Crippen LogP contribution in [0.3, 0.4) is 0 Å². The number of nitrogens with two attached hydrogens (primary N) is 1. The number of hydrogen-bond donors (Lipinski definition) is 2. The summed E-state index contributed by atoms with van der Waals surface area (Å²) in [6.45, 7) is 0.880. The number of thioether (sulfide) groups is 1. The molecule has 1 aromatic rings. The van der Waals surface area contributed by atoms with E-state index in [0.717, 1.165) is 5.75 Å². The van der Waals surface area contributed by atoms with Gasteiger partial charge in [-0.2, -0.15) is 11.8 Å². The molecule has 21 heavy (non-hydrogen) atoms. The molecule has 0 heterocycles. The average molecular weight is 337 g/mol. The Morgan fingerprint density at radius 1 is 1.48 bits per heavy atom. The molecule has 1 rings (SSSR count). The fraction of sp³-hybridized carbons (Fsp3) is 0.500. The predicted octanol–water partition coefficient (Wildman–Crippen LogP) is 1.96. The molecule has 4 nitrogen and oxygen atoms in total. The summed E-state index contributed by atoms with van der Waals surface area (Å²) in [6.07, 6.45) is 0.0337. The van der Waals surface area contributed by atoms with E-state index in [-0.39, 0.29) is 36.7 Å². The first-order valence-corrected chi connectivity index (χ1v) is 7.63. The lowest BCUT2D eigenvalue weighted by Gasteiger charge is -2.12. The summed E-state index contributed by atoms with van der Waals surface area (Å²) in [5.41, 5.74) is 6.13. The van der Waals surface area contributed by atoms with E-state index >= 15 is 0 Å². The maximum Gasteiger partial charge on any atom is 0.222 e. The van der Waals surface area contributed by atoms with Crippen molar-refractivity contribution in [3.05, 3.63) is 35.6 Å². The molecule has 1 amide bonds. The van der Waals surface area contributed by atoms with Crippen molar-refractivity contribution in [2.45, 2.75) is 18.3 Å². The molecule has 3 N–H and O–H groups in total. The van der Waals surface area contributed by atoms with Crippen molar-refractivity contribution in [3.8, 4) is 0 Å². The molecule has 1 unspecified atom stereocenters. The number of ether oxygens (including phenoxy) is 1. The molecule has 120 valence electrons. The summed E-state index contributed by atoms with van der Waals surface area (Å²) in [7, 11) is 1.54. The molecule has 0 bridgehead atoms. The zero-order valence-corrected chi connectivity index (χ0v) is 13.6. The smallest absolute Gasteiger partial charge is 0.222 e. The lowest BCUT2D eigenvalue weighted by atomic mass is 10.2. The molecule has 0 spiro atoms. The first-order chi connectivity index (χ1) is 9.67. The van der Waals surface area contributed by atoms with Crippen LogP contribution in [0.4, 0.5) is 4.39 Å². The number of benzene rings is 1. The molecule has 0 saturated carbocycles. The number of halogens is 2. The highest BCUT2D eigenvalue weighted by atomic mass is 35.5. The van der Waals surface area contributed by atoms with Gasteiger partial charge in [-0.1, -0.05) is 18.2 Å². The summed E-state index contributed by atoms with van der Waals surface area (Å²) in [5.74, 6) is 1.08. The van der Waals surface area contributed by atoms with Crippen molar-refractivity contribution < 1.29 is 13.9 Å². The van der Waals surface area contributed by atoms with Crippen molar-refractivity contribution in [3.63, 3.8) is 0 Å². The van der Waals surface area contributed by atoms with Crippen LogP contribution in [-0.4, -0.2) is 38.0 Å². The molecule has 0 aliphatic carbocycles. The van der Waals surface area contributed by atoms with Crippen LogP contribution in [-0.2, 0) is 15.3 Å². The van der Waals surface area contributed by atoms with Crippen molar-refractivity contribution in [1.82, 2.24) is 5.32 Å². The Bertz CT molecular complexity index is 420. The molecule has 0 saturated heterocycles. The first-order valence-electron chi connectivity index (χ1n) is 6.48. The fourth-order valence-corrected chi connectivity index (χ4v) is 2.45. The standard InChI is InChI=1S/C14H21FN2O2S.ClH/c1-19-12(9-16)8-14(18)17-6-7-20-10-11-4-2-3-5-13(11)15;/h2-5,12H,6-10,16H2,1H3,(H,17,18);1H. The summed E-state index contributed by atoms with van der Waals surface area (Å²) in [4.78, 5) is 11.5. The van der Waals surface area contributed by atoms with Gasteiger partial charge >= 0.3 is 0 Å². The quantitative estimate of drug-likeness (QED) is 0.677. The third kappa shape index (κ3) is 8.26. The molecular weight excluding hydrogens is 315 g/mol. The van der Waals surface area contributed by atoms with Crippen molar-refractivity contribution in [2.24, 2.45) is 5.73 Å². The predicted molar refractivity (Wildman–Crippen MR) is 87.3 cm³/mol. The molecule has 1 atom stereocenters. The second-order valence-electron chi connectivity index (χ2n) is 4.29. The molecular formula is C14H22ClFN2O2S. The van der Waals surface area contributed by atoms with Crippen molar-refractivity contribution >= 4 is 30.1 Å². The number of carbonyl (C=O) groups is 1. The van der Waals surface area contributed by atoms with Crippen LogP contribution in [0.5, 0.6) is 0 Å². The number of amides is 1. The second kappa shape index (κ2) is 11.8. The van der Waals surface area contributed by atoms with E-state index in [9.17, 15) is 9.18 Å². The number of nitrogens with one attached hydrogen (secondary N) is 1. The van der Waals surface area contributed by atoms with Crippen LogP contribution in [0, 0.1) is 5.82 Å². The van der Waals surface area contributed by atoms with E-state index in [1.807, 2.05) is 6.07 Å². The average Bonchev–Trinajstić information content (AvgIpc) is 2.46. The molecule has 1 aromatic carbocycles. The highest BCUT2D eigenvalue weighted by Crippen LogP contribution is 2.14. The molecule has 0 fully saturated rings. The van der Waals surface area contributed by atoms with E-state index in [2.05, 4.69) is 5.32 Å². The van der Waals surface area contributed by atoms with Gasteiger partial charge in [0, 0.05) is 31.7 Å². The zero-order valence-electron chi connectivity index (χ0n) is 12.0. The van der Waals surface area contributed by atoms with Gasteiger partial charge in [0.1, 0.15) is 5.82 Å². The summed E-state index contributed by atoms with van der Waals surface area (Å²) in [6, 6.07) is 6.71. The molecule has 0 aromatic heterocycles. The van der Waals surface area contributed by atoms with E-state index in [0.29, 0.717) is 24.4 Å². The monoisotopic (exact) mass is 336 g/mol. The number of rotatable bonds is 9. The van der Waals surface area contributed by atoms with Crippen molar-refractivity contribution in [2.75, 3.05) is 26.0 Å². The number of methoxy groups -OCH3 is 1. The van der Waals surface area contributed by atoms with E-state index in [1.54, 1.807) is 23.9 Å². The Kier molecular flexibility index (Phi) is 11.3. The van der Waals surface area contributed by atoms with Crippen LogP contribution in [0.25, 0.3) is 0 Å². The van der Waals surface area contributed by atoms with Crippen LogP contribution in [0.1, 0.15) is 12.0 Å². The molecule has 0 radical (unpaired) electrons. The largest absolute Gasteiger partial charge is 0.380 e. The Morgan fingerprint density at radius 2 is 2.19 bits per heavy atom. The topological polar surface area (TPSA) is 64.3 Å². The SMILES string of the molecule is COC(CN)CC(=O)NCCSCc1ccccc1F.Cl. The Balaban J connectivity index is 0.00000400. The van der Waals surface area contributed by atoms with Gasteiger partial charge in [0.15, 0.2) is 0 Å². The maximum atomic E-state index is 13.3. The fourth-order valence-electron chi connectivity index (χ4n) is 1.60. The normalized spacial score (nSPS) is 11.6. The molecule has 0 aliphatic heterocycles. The first kappa shape index (κ1) is 20.2. The zero-order chi connectivity index (χ0) is 14.8. The van der Waals surface area contributed by atoms with Crippen LogP contribution in [0.15, 0.2) is 24.3 Å². The highest BCUT2D eigenvalue weighted by molar-refractivity contribution is 7.98. The van der Waals surface area contributed by atoms with Gasteiger partial charge in [-0.3, -0.25) is 4.79 Å². The van der Waals surface area contributed by atoms with E-state index in [1.165, 1.54) is 13.2 Å². The van der Waals surface area contributed by atoms with Gasteiger partial charge in [0.05, 0.1) is 12.5 Å². The Labute approximate surface area is 135 Å². The molecule has 7 heteroatoms. The highest BCUT2D eigenvalue weighted by Gasteiger charge is 2.10. The second-order valence-corrected chi connectivity index (χ2v) is 5.40. The lowest BCUT2D eigenvalue weighted by molar-refractivity contribution is -0.123. The maximum absolute atomic E-state index is 13.3. The van der Waals surface area contributed by atoms with Crippen LogP contribution < -0.4 is 11.1 Å². The minimum Gasteiger partial charge on any atom is -0.380 e. The van der Waals surface area contributed by atoms with Gasteiger partial charge in [0.25, 0.3) is 0 Å². The minimum absolute atomic E-state index is 0. The third-order valence-electron chi connectivity index (χ3n) is 2.79. The summed E-state index contributed by atoms with van der Waals surface area (Å²) < 4.78 is 18.4. The number of carbonyl (C=O) groups excluding carboxylic acids is 1. The van der Waals surface area contributed by atoms with Gasteiger partial charge in [-0.05, 0) is 11.6 Å². The van der Waals surface area contributed by atoms with Gasteiger partial charge in [-0.15, -0.1) is 12.4 Å². The Morgan fingerprint density at radius 3 is 2.81 bits per heavy atom. The lowest BCUT2D eigenvalue weighted by Crippen LogP contribution is -2.33. The van der Waals surface area contributed by atoms with Gasteiger partial charge < -0.3 is 15.8 Å². The number of hydrogen-bond acceptors (Lipinski definition) is 4. The minimum atomic E-state index is -0.235. The van der Waals surface area contributed by atoms with E-state index in [4.69, 9.17) is 10.5 Å².